The Labute approximate surface area is 178 Å². The Morgan fingerprint density at radius 2 is 2.13 bits per heavy atom. The van der Waals surface area contributed by atoms with Gasteiger partial charge in [0, 0.05) is 24.7 Å². The predicted molar refractivity (Wildman–Crippen MR) is 120 cm³/mol. The molecule has 30 heavy (non-hydrogen) atoms. The molecule has 160 valence electrons. The van der Waals surface area contributed by atoms with Crippen molar-refractivity contribution in [2.45, 2.75) is 33.2 Å². The van der Waals surface area contributed by atoms with Gasteiger partial charge in [0.2, 0.25) is 0 Å². The Hall–Kier alpha value is -2.86. The number of ether oxygens (including phenoxy) is 1. The fraction of sp³-hybridized carbons (Fsp3) is 0.417. The third-order valence-electron chi connectivity index (χ3n) is 5.36. The van der Waals surface area contributed by atoms with E-state index in [4.69, 9.17) is 9.15 Å². The van der Waals surface area contributed by atoms with Gasteiger partial charge in [0.25, 0.3) is 0 Å². The summed E-state index contributed by atoms with van der Waals surface area (Å²) < 4.78 is 10.9. The largest absolute Gasteiger partial charge is 0.462 e. The van der Waals surface area contributed by atoms with Crippen molar-refractivity contribution < 1.29 is 13.9 Å². The highest BCUT2D eigenvalue weighted by Crippen LogP contribution is 2.21. The number of furan rings is 1. The molecule has 0 spiro atoms. The number of aliphatic imine (C=N–C) groups is 1. The van der Waals surface area contributed by atoms with Crippen LogP contribution < -0.4 is 5.32 Å². The van der Waals surface area contributed by atoms with Gasteiger partial charge in [-0.05, 0) is 51.3 Å². The number of nitrogens with one attached hydrogen (secondary N) is 1. The van der Waals surface area contributed by atoms with Crippen molar-refractivity contribution in [3.63, 3.8) is 0 Å². The number of rotatable bonds is 9. The lowest BCUT2D eigenvalue weighted by atomic mass is 9.97. The number of nitrogens with zero attached hydrogens (tertiary/aromatic N) is 2. The molecule has 0 atom stereocenters. The zero-order chi connectivity index (χ0) is 21.3. The number of hydrogen-bond donors (Lipinski definition) is 1. The molecule has 1 aromatic heterocycles. The highest BCUT2D eigenvalue weighted by molar-refractivity contribution is 6.09. The van der Waals surface area contributed by atoms with Crippen molar-refractivity contribution in [1.82, 2.24) is 10.2 Å². The number of piperidine rings is 1. The van der Waals surface area contributed by atoms with Crippen LogP contribution in [0, 0.1) is 5.92 Å². The molecule has 1 aromatic carbocycles. The van der Waals surface area contributed by atoms with Crippen LogP contribution in [0.1, 0.15) is 32.4 Å². The van der Waals surface area contributed by atoms with E-state index in [1.807, 2.05) is 18.2 Å². The molecule has 0 radical (unpaired) electrons. The third kappa shape index (κ3) is 5.83. The average molecular weight is 410 g/mol. The maximum absolute atomic E-state index is 11.8. The van der Waals surface area contributed by atoms with Gasteiger partial charge in [-0.2, -0.15) is 0 Å². The number of likely N-dealkylation sites (tertiary alicyclic amines) is 1. The van der Waals surface area contributed by atoms with E-state index in [1.54, 1.807) is 26.1 Å². The molecule has 2 aromatic rings. The van der Waals surface area contributed by atoms with Gasteiger partial charge in [-0.15, -0.1) is 0 Å². The minimum absolute atomic E-state index is 0.350. The summed E-state index contributed by atoms with van der Waals surface area (Å²) in [4.78, 5) is 18.4. The normalized spacial score (nSPS) is 15.8. The molecule has 0 saturated carbocycles. The molecule has 1 saturated heterocycles. The molecule has 6 heteroatoms. The molecule has 2 heterocycles. The quantitative estimate of drug-likeness (QED) is 0.380. The maximum Gasteiger partial charge on any atom is 0.339 e. The van der Waals surface area contributed by atoms with Crippen LogP contribution in [0.25, 0.3) is 11.0 Å². The van der Waals surface area contributed by atoms with Gasteiger partial charge < -0.3 is 19.4 Å². The monoisotopic (exact) mass is 409 g/mol. The smallest absolute Gasteiger partial charge is 0.339 e. The minimum atomic E-state index is -0.356. The third-order valence-corrected chi connectivity index (χ3v) is 5.36. The van der Waals surface area contributed by atoms with Gasteiger partial charge in [0.15, 0.2) is 0 Å². The van der Waals surface area contributed by atoms with Gasteiger partial charge in [-0.3, -0.25) is 0 Å². The standard InChI is InChI=1S/C24H31N3O3/c1-4-20(24(28)29-5-2)16-26-18(3)27-12-10-19(11-13-27)15-25-17-22-14-21-8-6-7-9-23(21)30-22/h4,6-9,14,16,19,25H,3,5,10-13,15,17H2,1-2H3/b20-4+,26-16-. The fourth-order valence-corrected chi connectivity index (χ4v) is 3.60. The van der Waals surface area contributed by atoms with Crippen LogP contribution in [0.4, 0.5) is 0 Å². The van der Waals surface area contributed by atoms with E-state index < -0.39 is 0 Å². The van der Waals surface area contributed by atoms with Crippen molar-refractivity contribution >= 4 is 23.2 Å². The number of allylic oxidation sites excluding steroid dienone is 1. The second-order valence-electron chi connectivity index (χ2n) is 7.45. The Morgan fingerprint density at radius 1 is 1.37 bits per heavy atom. The predicted octanol–water partition coefficient (Wildman–Crippen LogP) is 4.29. The number of benzene rings is 1. The highest BCUT2D eigenvalue weighted by atomic mass is 16.5. The van der Waals surface area contributed by atoms with E-state index in [2.05, 4.69) is 33.9 Å². The summed E-state index contributed by atoms with van der Waals surface area (Å²) in [5.74, 6) is 1.92. The molecular formula is C24H31N3O3. The Morgan fingerprint density at radius 3 is 2.83 bits per heavy atom. The number of hydrogen-bond acceptors (Lipinski definition) is 6. The lowest BCUT2D eigenvalue weighted by Crippen LogP contribution is -2.36. The molecule has 3 rings (SSSR count). The van der Waals surface area contributed by atoms with Gasteiger partial charge in [0.1, 0.15) is 17.2 Å². The summed E-state index contributed by atoms with van der Waals surface area (Å²) in [6, 6.07) is 10.2. The number of esters is 1. The van der Waals surface area contributed by atoms with Crippen LogP contribution in [-0.2, 0) is 16.1 Å². The van der Waals surface area contributed by atoms with E-state index >= 15 is 0 Å². The van der Waals surface area contributed by atoms with Crippen LogP contribution in [0.5, 0.6) is 0 Å². The van der Waals surface area contributed by atoms with Crippen molar-refractivity contribution in [1.29, 1.82) is 0 Å². The minimum Gasteiger partial charge on any atom is -0.462 e. The second-order valence-corrected chi connectivity index (χ2v) is 7.45. The lowest BCUT2D eigenvalue weighted by Gasteiger charge is -2.33. The summed E-state index contributed by atoms with van der Waals surface area (Å²) in [6.07, 6.45) is 5.40. The summed E-state index contributed by atoms with van der Waals surface area (Å²) in [6.45, 7) is 11.5. The van der Waals surface area contributed by atoms with Crippen molar-refractivity contribution in [3.8, 4) is 0 Å². The van der Waals surface area contributed by atoms with Gasteiger partial charge in [-0.1, -0.05) is 30.9 Å². The molecule has 1 fully saturated rings. The van der Waals surface area contributed by atoms with E-state index in [1.165, 1.54) is 0 Å². The topological polar surface area (TPSA) is 67.1 Å². The van der Waals surface area contributed by atoms with E-state index in [-0.39, 0.29) is 5.97 Å². The van der Waals surface area contributed by atoms with Crippen LogP contribution in [0.3, 0.4) is 0 Å². The van der Waals surface area contributed by atoms with Gasteiger partial charge >= 0.3 is 5.97 Å². The fourth-order valence-electron chi connectivity index (χ4n) is 3.60. The molecule has 0 unspecified atom stereocenters. The van der Waals surface area contributed by atoms with Gasteiger partial charge in [-0.25, -0.2) is 9.79 Å². The van der Waals surface area contributed by atoms with Crippen LogP contribution in [0.2, 0.25) is 0 Å². The first-order valence-corrected chi connectivity index (χ1v) is 10.6. The zero-order valence-corrected chi connectivity index (χ0v) is 17.9. The van der Waals surface area contributed by atoms with Gasteiger partial charge in [0.05, 0.1) is 18.7 Å². The molecule has 0 aliphatic carbocycles. The van der Waals surface area contributed by atoms with E-state index in [0.29, 0.717) is 23.9 Å². The first-order valence-electron chi connectivity index (χ1n) is 10.6. The second kappa shape index (κ2) is 10.8. The summed E-state index contributed by atoms with van der Waals surface area (Å²) >= 11 is 0. The summed E-state index contributed by atoms with van der Waals surface area (Å²) in [5.41, 5.74) is 1.38. The van der Waals surface area contributed by atoms with Crippen molar-refractivity contribution in [2.75, 3.05) is 26.2 Å². The lowest BCUT2D eigenvalue weighted by molar-refractivity contribution is -0.137. The highest BCUT2D eigenvalue weighted by Gasteiger charge is 2.20. The number of para-hydroxylation sites is 1. The van der Waals surface area contributed by atoms with E-state index in [0.717, 1.165) is 55.8 Å². The SMILES string of the molecule is C=C(/N=C\C(=C/C)C(=O)OCC)N1CCC(CNCc2cc3ccccc3o2)CC1. The number of carbonyl (C=O) groups is 1. The molecule has 1 N–H and O–H groups in total. The van der Waals surface area contributed by atoms with Crippen LogP contribution in [0.15, 0.2) is 63.8 Å². The van der Waals surface area contributed by atoms with Crippen LogP contribution >= 0.6 is 0 Å². The molecule has 0 amide bonds. The van der Waals surface area contributed by atoms with Crippen molar-refractivity contribution in [2.24, 2.45) is 10.9 Å². The number of carbonyl (C=O) groups excluding carboxylic acids is 1. The first kappa shape index (κ1) is 21.8. The van der Waals surface area contributed by atoms with Crippen molar-refractivity contribution in [3.05, 3.63) is 60.1 Å². The van der Waals surface area contributed by atoms with Crippen LogP contribution in [-0.4, -0.2) is 43.3 Å². The van der Waals surface area contributed by atoms with E-state index in [9.17, 15) is 4.79 Å². The Balaban J connectivity index is 1.40. The number of fused-ring (bicyclic) bond motifs is 1. The average Bonchev–Trinajstić information content (AvgIpc) is 3.17. The zero-order valence-electron chi connectivity index (χ0n) is 17.9. The summed E-state index contributed by atoms with van der Waals surface area (Å²) in [7, 11) is 0. The molecule has 0 bridgehead atoms. The molecular weight excluding hydrogens is 378 g/mol. The Bertz CT molecular complexity index is 888. The molecule has 1 aliphatic rings. The maximum atomic E-state index is 11.8. The first-order chi connectivity index (χ1) is 14.6. The Kier molecular flexibility index (Phi) is 7.85. The molecule has 1 aliphatic heterocycles. The molecule has 6 nitrogen and oxygen atoms in total. The summed E-state index contributed by atoms with van der Waals surface area (Å²) in [5, 5.41) is 4.67.